The molecule has 5 nitrogen and oxygen atoms in total. The summed E-state index contributed by atoms with van der Waals surface area (Å²) in [6.45, 7) is 1.20. The molecule has 0 bridgehead atoms. The van der Waals surface area contributed by atoms with Crippen LogP contribution in [0.2, 0.25) is 0 Å². The average molecular weight is 335 g/mol. The topological polar surface area (TPSA) is 75.6 Å². The Bertz CT molecular complexity index is 699. The van der Waals surface area contributed by atoms with Crippen molar-refractivity contribution < 1.29 is 17.7 Å². The van der Waals surface area contributed by atoms with Gasteiger partial charge in [-0.3, -0.25) is 0 Å². The zero-order valence-electron chi connectivity index (χ0n) is 13.0. The first-order valence-electron chi connectivity index (χ1n) is 7.36. The molecule has 0 amide bonds. The van der Waals surface area contributed by atoms with Crippen LogP contribution in [0.4, 0.5) is 0 Å². The molecule has 0 saturated carbocycles. The van der Waals surface area contributed by atoms with Gasteiger partial charge in [-0.25, -0.2) is 0 Å². The second kappa shape index (κ2) is 8.10. The molecule has 0 aliphatic rings. The number of benzene rings is 2. The number of hydrogen-bond acceptors (Lipinski definition) is 5. The highest BCUT2D eigenvalue weighted by Gasteiger charge is 2.09. The summed E-state index contributed by atoms with van der Waals surface area (Å²) in [6.07, 6.45) is 1.24. The third-order valence-electron chi connectivity index (χ3n) is 3.28. The monoisotopic (exact) mass is 335 g/mol. The number of aliphatic hydroxyl groups is 1. The van der Waals surface area contributed by atoms with E-state index in [1.807, 2.05) is 18.2 Å². The van der Waals surface area contributed by atoms with Crippen molar-refractivity contribution in [2.75, 3.05) is 19.3 Å². The molecule has 124 valence electrons. The second-order valence-electron chi connectivity index (χ2n) is 5.31. The summed E-state index contributed by atoms with van der Waals surface area (Å²) in [5, 5.41) is 13.3. The van der Waals surface area contributed by atoms with Crippen molar-refractivity contribution >= 4 is 10.1 Å². The molecule has 2 N–H and O–H groups in total. The fourth-order valence-electron chi connectivity index (χ4n) is 2.15. The molecule has 2 rings (SSSR count). The quantitative estimate of drug-likeness (QED) is 0.569. The Labute approximate surface area is 137 Å². The first-order chi connectivity index (χ1) is 10.9. The van der Waals surface area contributed by atoms with Gasteiger partial charge in [0.2, 0.25) is 0 Å². The maximum Gasteiger partial charge on any atom is 0.306 e. The smallest absolute Gasteiger partial charge is 0.306 e. The summed E-state index contributed by atoms with van der Waals surface area (Å²) in [5.41, 5.74) is 1.95. The van der Waals surface area contributed by atoms with Gasteiger partial charge in [0.25, 0.3) is 0 Å². The standard InChI is InChI=1S/C17H21NO4S/c1-23(20,21)22-16-9-7-15(8-10-16)17(19)13-18-12-11-14-5-3-2-4-6-14/h2-10,17-19H,11-13H2,1H3/t17-/m0/s1. The Morgan fingerprint density at radius 1 is 1.09 bits per heavy atom. The number of aliphatic hydroxyl groups excluding tert-OH is 1. The van der Waals surface area contributed by atoms with Gasteiger partial charge in [-0.15, -0.1) is 0 Å². The van der Waals surface area contributed by atoms with E-state index < -0.39 is 16.2 Å². The lowest BCUT2D eigenvalue weighted by molar-refractivity contribution is 0.175. The van der Waals surface area contributed by atoms with E-state index in [1.165, 1.54) is 17.7 Å². The molecule has 0 aliphatic carbocycles. The summed E-state index contributed by atoms with van der Waals surface area (Å²) < 4.78 is 26.8. The molecule has 0 aromatic heterocycles. The molecule has 0 saturated heterocycles. The van der Waals surface area contributed by atoms with E-state index in [0.717, 1.165) is 19.2 Å². The van der Waals surface area contributed by atoms with Gasteiger partial charge in [0.15, 0.2) is 0 Å². The molecular formula is C17H21NO4S. The zero-order valence-corrected chi connectivity index (χ0v) is 13.8. The second-order valence-corrected chi connectivity index (χ2v) is 6.89. The van der Waals surface area contributed by atoms with Gasteiger partial charge in [-0.1, -0.05) is 42.5 Å². The minimum Gasteiger partial charge on any atom is -0.387 e. The Balaban J connectivity index is 1.78. The minimum absolute atomic E-state index is 0.237. The van der Waals surface area contributed by atoms with Crippen molar-refractivity contribution in [3.8, 4) is 5.75 Å². The first kappa shape index (κ1) is 17.5. The maximum absolute atomic E-state index is 11.0. The van der Waals surface area contributed by atoms with Crippen molar-refractivity contribution in [3.63, 3.8) is 0 Å². The van der Waals surface area contributed by atoms with Gasteiger partial charge < -0.3 is 14.6 Å². The van der Waals surface area contributed by atoms with E-state index in [9.17, 15) is 13.5 Å². The lowest BCUT2D eigenvalue weighted by atomic mass is 10.1. The lowest BCUT2D eigenvalue weighted by Crippen LogP contribution is -2.23. The van der Waals surface area contributed by atoms with Crippen LogP contribution in [0.25, 0.3) is 0 Å². The summed E-state index contributed by atoms with van der Waals surface area (Å²) >= 11 is 0. The molecule has 0 radical (unpaired) electrons. The predicted molar refractivity (Wildman–Crippen MR) is 89.9 cm³/mol. The van der Waals surface area contributed by atoms with Crippen LogP contribution in [0.15, 0.2) is 54.6 Å². The fraction of sp³-hybridized carbons (Fsp3) is 0.294. The van der Waals surface area contributed by atoms with Crippen molar-refractivity contribution in [2.45, 2.75) is 12.5 Å². The average Bonchev–Trinajstić information content (AvgIpc) is 2.51. The van der Waals surface area contributed by atoms with Gasteiger partial charge in [0, 0.05) is 6.54 Å². The van der Waals surface area contributed by atoms with Crippen molar-refractivity contribution in [3.05, 3.63) is 65.7 Å². The van der Waals surface area contributed by atoms with E-state index >= 15 is 0 Å². The molecule has 0 aliphatic heterocycles. The third kappa shape index (κ3) is 6.40. The van der Waals surface area contributed by atoms with Gasteiger partial charge in [-0.2, -0.15) is 8.42 Å². The molecular weight excluding hydrogens is 314 g/mol. The zero-order chi connectivity index (χ0) is 16.7. The fourth-order valence-corrected chi connectivity index (χ4v) is 2.62. The Kier molecular flexibility index (Phi) is 6.15. The summed E-state index contributed by atoms with van der Waals surface area (Å²) in [4.78, 5) is 0. The number of nitrogens with one attached hydrogen (secondary N) is 1. The molecule has 0 unspecified atom stereocenters. The van der Waals surface area contributed by atoms with Crippen molar-refractivity contribution in [2.24, 2.45) is 0 Å². The van der Waals surface area contributed by atoms with Crippen LogP contribution in [0.1, 0.15) is 17.2 Å². The highest BCUT2D eigenvalue weighted by Crippen LogP contribution is 2.18. The third-order valence-corrected chi connectivity index (χ3v) is 3.78. The van der Waals surface area contributed by atoms with Gasteiger partial charge >= 0.3 is 10.1 Å². The first-order valence-corrected chi connectivity index (χ1v) is 9.18. The molecule has 2 aromatic carbocycles. The van der Waals surface area contributed by atoms with Crippen LogP contribution < -0.4 is 9.50 Å². The van der Waals surface area contributed by atoms with Gasteiger partial charge in [0.05, 0.1) is 12.4 Å². The van der Waals surface area contributed by atoms with Crippen molar-refractivity contribution in [1.82, 2.24) is 5.32 Å². The van der Waals surface area contributed by atoms with Crippen LogP contribution >= 0.6 is 0 Å². The van der Waals surface area contributed by atoms with E-state index in [0.29, 0.717) is 12.1 Å². The maximum atomic E-state index is 11.0. The van der Waals surface area contributed by atoms with Gasteiger partial charge in [-0.05, 0) is 36.2 Å². The highest BCUT2D eigenvalue weighted by atomic mass is 32.2. The Morgan fingerprint density at radius 2 is 1.74 bits per heavy atom. The van der Waals surface area contributed by atoms with Crippen LogP contribution in [-0.2, 0) is 16.5 Å². The lowest BCUT2D eigenvalue weighted by Gasteiger charge is -2.13. The van der Waals surface area contributed by atoms with Crippen LogP contribution in [-0.4, -0.2) is 32.9 Å². The van der Waals surface area contributed by atoms with Crippen LogP contribution in [0.5, 0.6) is 5.75 Å². The largest absolute Gasteiger partial charge is 0.387 e. The molecule has 6 heteroatoms. The van der Waals surface area contributed by atoms with E-state index in [4.69, 9.17) is 4.18 Å². The SMILES string of the molecule is CS(=O)(=O)Oc1ccc([C@@H](O)CNCCc2ccccc2)cc1. The van der Waals surface area contributed by atoms with E-state index in [2.05, 4.69) is 17.4 Å². The minimum atomic E-state index is -3.53. The molecule has 0 spiro atoms. The normalized spacial score (nSPS) is 12.8. The molecule has 1 atom stereocenters. The number of rotatable bonds is 8. The van der Waals surface area contributed by atoms with Crippen LogP contribution in [0, 0.1) is 0 Å². The summed E-state index contributed by atoms with van der Waals surface area (Å²) in [5.74, 6) is 0.237. The van der Waals surface area contributed by atoms with Crippen molar-refractivity contribution in [1.29, 1.82) is 0 Å². The Morgan fingerprint density at radius 3 is 2.35 bits per heavy atom. The number of hydrogen-bond donors (Lipinski definition) is 2. The Hall–Kier alpha value is -1.89. The summed E-state index contributed by atoms with van der Waals surface area (Å²) in [6, 6.07) is 16.5. The molecule has 2 aromatic rings. The van der Waals surface area contributed by atoms with E-state index in [-0.39, 0.29) is 5.75 Å². The molecule has 0 fully saturated rings. The predicted octanol–water partition coefficient (Wildman–Crippen LogP) is 1.89. The van der Waals surface area contributed by atoms with E-state index in [1.54, 1.807) is 12.1 Å². The molecule has 23 heavy (non-hydrogen) atoms. The summed E-state index contributed by atoms with van der Waals surface area (Å²) in [7, 11) is -3.53. The highest BCUT2D eigenvalue weighted by molar-refractivity contribution is 7.86. The molecule has 0 heterocycles. The van der Waals surface area contributed by atoms with Crippen LogP contribution in [0.3, 0.4) is 0 Å². The van der Waals surface area contributed by atoms with Gasteiger partial charge in [0.1, 0.15) is 5.75 Å².